The summed E-state index contributed by atoms with van der Waals surface area (Å²) >= 11 is 6.18. The Morgan fingerprint density at radius 3 is 2.56 bits per heavy atom. The average Bonchev–Trinajstić information content (AvgIpc) is 3.01. The normalized spacial score (nSPS) is 10.3. The van der Waals surface area contributed by atoms with Gasteiger partial charge in [-0.05, 0) is 37.6 Å². The molecule has 0 saturated carbocycles. The number of amides is 3. The molecule has 3 rings (SSSR count). The zero-order valence-electron chi connectivity index (χ0n) is 14.7. The molecule has 0 radical (unpaired) electrons. The first-order valence-electron chi connectivity index (χ1n) is 8.11. The van der Waals surface area contributed by atoms with E-state index < -0.39 is 11.9 Å². The summed E-state index contributed by atoms with van der Waals surface area (Å²) in [5.41, 5.74) is 7.32. The number of hydrogen-bond acceptors (Lipinski definition) is 4. The molecular weight excluding hydrogens is 368 g/mol. The minimum Gasteiger partial charge on any atom is -0.360 e. The number of hydrogen-bond donors (Lipinski definition) is 3. The molecule has 3 N–H and O–H groups in total. The predicted molar refractivity (Wildman–Crippen MR) is 102 cm³/mol. The van der Waals surface area contributed by atoms with Crippen molar-refractivity contribution in [1.29, 1.82) is 0 Å². The first-order valence-corrected chi connectivity index (χ1v) is 8.48. The largest absolute Gasteiger partial charge is 0.360 e. The number of benzene rings is 2. The van der Waals surface area contributed by atoms with Gasteiger partial charge in [-0.1, -0.05) is 47.1 Å². The summed E-state index contributed by atoms with van der Waals surface area (Å²) in [7, 11) is 0. The molecule has 0 unspecified atom stereocenters. The third-order valence-electron chi connectivity index (χ3n) is 3.78. The van der Waals surface area contributed by atoms with Gasteiger partial charge in [-0.25, -0.2) is 10.2 Å². The Morgan fingerprint density at radius 2 is 1.81 bits per heavy atom. The van der Waals surface area contributed by atoms with E-state index in [1.807, 2.05) is 19.1 Å². The summed E-state index contributed by atoms with van der Waals surface area (Å²) in [6.45, 7) is 3.52. The third kappa shape index (κ3) is 4.27. The van der Waals surface area contributed by atoms with Gasteiger partial charge in [-0.2, -0.15) is 0 Å². The van der Waals surface area contributed by atoms with Gasteiger partial charge in [0.25, 0.3) is 5.91 Å². The Kier molecular flexibility index (Phi) is 5.42. The minimum atomic E-state index is -0.581. The molecule has 0 atom stereocenters. The van der Waals surface area contributed by atoms with E-state index in [2.05, 4.69) is 21.3 Å². The van der Waals surface area contributed by atoms with Crippen molar-refractivity contribution in [2.75, 3.05) is 5.32 Å². The summed E-state index contributed by atoms with van der Waals surface area (Å²) < 4.78 is 5.14. The lowest BCUT2D eigenvalue weighted by molar-refractivity contribution is 0.0937. The zero-order chi connectivity index (χ0) is 19.4. The summed E-state index contributed by atoms with van der Waals surface area (Å²) in [5, 5.41) is 6.99. The summed E-state index contributed by atoms with van der Waals surface area (Å²) in [6.07, 6.45) is 0. The monoisotopic (exact) mass is 384 g/mol. The van der Waals surface area contributed by atoms with E-state index in [0.717, 1.165) is 5.56 Å². The molecule has 0 aliphatic heterocycles. The van der Waals surface area contributed by atoms with Crippen LogP contribution in [0.3, 0.4) is 0 Å². The van der Waals surface area contributed by atoms with Crippen LogP contribution in [0, 0.1) is 13.8 Å². The van der Waals surface area contributed by atoms with Crippen LogP contribution >= 0.6 is 11.6 Å². The van der Waals surface area contributed by atoms with Crippen molar-refractivity contribution in [2.24, 2.45) is 0 Å². The number of aromatic nitrogens is 1. The van der Waals surface area contributed by atoms with Crippen molar-refractivity contribution >= 4 is 29.2 Å². The quantitative estimate of drug-likeness (QED) is 0.593. The molecule has 8 heteroatoms. The van der Waals surface area contributed by atoms with Crippen molar-refractivity contribution in [3.05, 3.63) is 70.4 Å². The number of carbonyl (C=O) groups is 2. The fourth-order valence-corrected chi connectivity index (χ4v) is 2.76. The van der Waals surface area contributed by atoms with Crippen molar-refractivity contribution in [2.45, 2.75) is 13.8 Å². The highest BCUT2D eigenvalue weighted by Gasteiger charge is 2.23. The summed E-state index contributed by atoms with van der Waals surface area (Å²) in [4.78, 5) is 24.5. The number of nitrogens with zero attached hydrogens (tertiary/aromatic N) is 1. The standard InChI is InChI=1S/C19H17ClN4O3/c1-11-6-5-7-13(10-11)21-19(26)23-22-18(25)16-12(2)27-24-17(16)14-8-3-4-9-15(14)20/h3-10H,1-2H3,(H,22,25)(H2,21,23,26). The van der Waals surface area contributed by atoms with Gasteiger partial charge in [0, 0.05) is 11.3 Å². The molecule has 3 aromatic rings. The maximum atomic E-state index is 12.5. The van der Waals surface area contributed by atoms with E-state index in [9.17, 15) is 9.59 Å². The van der Waals surface area contributed by atoms with Crippen LogP contribution in [0.4, 0.5) is 10.5 Å². The second-order valence-corrected chi connectivity index (χ2v) is 6.25. The van der Waals surface area contributed by atoms with Gasteiger partial charge >= 0.3 is 6.03 Å². The number of nitrogens with one attached hydrogen (secondary N) is 3. The first-order chi connectivity index (χ1) is 13.0. The number of halogens is 1. The van der Waals surface area contributed by atoms with E-state index in [1.54, 1.807) is 43.3 Å². The molecule has 0 aliphatic carbocycles. The van der Waals surface area contributed by atoms with Crippen LogP contribution in [-0.2, 0) is 0 Å². The molecule has 7 nitrogen and oxygen atoms in total. The molecule has 3 amide bonds. The Morgan fingerprint density at radius 1 is 1.04 bits per heavy atom. The fraction of sp³-hybridized carbons (Fsp3) is 0.105. The SMILES string of the molecule is Cc1cccc(NC(=O)NNC(=O)c2c(-c3ccccc3Cl)noc2C)c1. The molecule has 27 heavy (non-hydrogen) atoms. The Hall–Kier alpha value is -3.32. The molecule has 0 bridgehead atoms. The van der Waals surface area contributed by atoms with Gasteiger partial charge in [-0.3, -0.25) is 10.2 Å². The van der Waals surface area contributed by atoms with Gasteiger partial charge in [0.2, 0.25) is 0 Å². The summed E-state index contributed by atoms with van der Waals surface area (Å²) in [5.74, 6) is -0.258. The molecule has 1 heterocycles. The Labute approximate surface area is 160 Å². The number of aryl methyl sites for hydroxylation is 2. The van der Waals surface area contributed by atoms with Crippen molar-refractivity contribution in [3.8, 4) is 11.3 Å². The smallest absolute Gasteiger partial charge is 0.337 e. The van der Waals surface area contributed by atoms with E-state index in [-0.39, 0.29) is 5.56 Å². The second kappa shape index (κ2) is 7.92. The lowest BCUT2D eigenvalue weighted by Crippen LogP contribution is -2.44. The molecule has 0 saturated heterocycles. The third-order valence-corrected chi connectivity index (χ3v) is 4.11. The fourth-order valence-electron chi connectivity index (χ4n) is 2.54. The molecule has 2 aromatic carbocycles. The molecule has 0 spiro atoms. The van der Waals surface area contributed by atoms with Gasteiger partial charge in [0.15, 0.2) is 0 Å². The number of hydrazine groups is 1. The van der Waals surface area contributed by atoms with Crippen LogP contribution in [-0.4, -0.2) is 17.1 Å². The van der Waals surface area contributed by atoms with E-state index in [0.29, 0.717) is 27.7 Å². The van der Waals surface area contributed by atoms with Crippen LogP contribution < -0.4 is 16.2 Å². The van der Waals surface area contributed by atoms with Gasteiger partial charge < -0.3 is 9.84 Å². The van der Waals surface area contributed by atoms with Crippen molar-refractivity contribution in [1.82, 2.24) is 16.0 Å². The molecule has 0 fully saturated rings. The van der Waals surface area contributed by atoms with E-state index in [1.165, 1.54) is 0 Å². The summed E-state index contributed by atoms with van der Waals surface area (Å²) in [6, 6.07) is 13.7. The van der Waals surface area contributed by atoms with Crippen LogP contribution in [0.15, 0.2) is 53.1 Å². The first kappa shape index (κ1) is 18.5. The van der Waals surface area contributed by atoms with Gasteiger partial charge in [0.05, 0.1) is 5.02 Å². The number of rotatable bonds is 3. The van der Waals surface area contributed by atoms with Crippen LogP contribution in [0.2, 0.25) is 5.02 Å². The highest BCUT2D eigenvalue weighted by Crippen LogP contribution is 2.30. The topological polar surface area (TPSA) is 96.3 Å². The van der Waals surface area contributed by atoms with Crippen LogP contribution in [0.1, 0.15) is 21.7 Å². The highest BCUT2D eigenvalue weighted by molar-refractivity contribution is 6.33. The minimum absolute atomic E-state index is 0.193. The average molecular weight is 385 g/mol. The van der Waals surface area contributed by atoms with Gasteiger partial charge in [-0.15, -0.1) is 0 Å². The Balaban J connectivity index is 1.71. The van der Waals surface area contributed by atoms with Crippen LogP contribution in [0.25, 0.3) is 11.3 Å². The predicted octanol–water partition coefficient (Wildman–Crippen LogP) is 4.08. The maximum absolute atomic E-state index is 12.5. The van der Waals surface area contributed by atoms with Gasteiger partial charge in [0.1, 0.15) is 17.0 Å². The lowest BCUT2D eigenvalue weighted by Gasteiger charge is -2.10. The van der Waals surface area contributed by atoms with Crippen molar-refractivity contribution < 1.29 is 14.1 Å². The molecular formula is C19H17ClN4O3. The lowest BCUT2D eigenvalue weighted by atomic mass is 10.1. The number of anilines is 1. The zero-order valence-corrected chi connectivity index (χ0v) is 15.4. The van der Waals surface area contributed by atoms with E-state index >= 15 is 0 Å². The van der Waals surface area contributed by atoms with E-state index in [4.69, 9.17) is 16.1 Å². The second-order valence-electron chi connectivity index (χ2n) is 5.84. The molecule has 0 aliphatic rings. The molecule has 138 valence electrons. The van der Waals surface area contributed by atoms with Crippen LogP contribution in [0.5, 0.6) is 0 Å². The Bertz CT molecular complexity index is 1000. The number of carbonyl (C=O) groups excluding carboxylic acids is 2. The highest BCUT2D eigenvalue weighted by atomic mass is 35.5. The van der Waals surface area contributed by atoms with Crippen molar-refractivity contribution in [3.63, 3.8) is 0 Å². The molecule has 1 aromatic heterocycles. The maximum Gasteiger partial charge on any atom is 0.337 e. The number of urea groups is 1.